The highest BCUT2D eigenvalue weighted by molar-refractivity contribution is 9.10. The highest BCUT2D eigenvalue weighted by Crippen LogP contribution is 2.17. The Labute approximate surface area is 121 Å². The molecule has 4 heteroatoms. The van der Waals surface area contributed by atoms with E-state index in [1.54, 1.807) is 0 Å². The lowest BCUT2D eigenvalue weighted by Gasteiger charge is -2.07. The Morgan fingerprint density at radius 1 is 1.28 bits per heavy atom. The van der Waals surface area contributed by atoms with Gasteiger partial charge in [0.2, 0.25) is 0 Å². The summed E-state index contributed by atoms with van der Waals surface area (Å²) in [7, 11) is 0. The lowest BCUT2D eigenvalue weighted by molar-refractivity contribution is 0.889. The van der Waals surface area contributed by atoms with Gasteiger partial charge in [0.05, 0.1) is 4.47 Å². The summed E-state index contributed by atoms with van der Waals surface area (Å²) < 4.78 is 1.54. The van der Waals surface area contributed by atoms with Crippen molar-refractivity contribution >= 4 is 28.1 Å². The molecule has 94 valence electrons. The van der Waals surface area contributed by atoms with Crippen LogP contribution in [0.4, 0.5) is 0 Å². The van der Waals surface area contributed by atoms with Crippen molar-refractivity contribution in [2.24, 2.45) is 0 Å². The lowest BCUT2D eigenvalue weighted by Crippen LogP contribution is -2.02. The van der Waals surface area contributed by atoms with E-state index in [1.807, 2.05) is 0 Å². The second-order valence-corrected chi connectivity index (χ2v) is 5.48. The smallest absolute Gasteiger partial charge is 0.144 e. The molecule has 0 unspecified atom stereocenters. The number of halogens is 1. The van der Waals surface area contributed by atoms with Gasteiger partial charge in [0, 0.05) is 12.1 Å². The monoisotopic (exact) mass is 322 g/mol. The average molecular weight is 323 g/mol. The minimum atomic E-state index is 0.632. The fourth-order valence-corrected chi connectivity index (χ4v) is 2.49. The van der Waals surface area contributed by atoms with Crippen LogP contribution >= 0.6 is 28.1 Å². The van der Waals surface area contributed by atoms with Gasteiger partial charge in [-0.15, -0.1) is 0 Å². The normalized spacial score (nSPS) is 10.6. The number of rotatable bonds is 3. The zero-order valence-corrected chi connectivity index (χ0v) is 12.9. The van der Waals surface area contributed by atoms with Crippen molar-refractivity contribution in [1.29, 1.82) is 0 Å². The van der Waals surface area contributed by atoms with Gasteiger partial charge in [0.15, 0.2) is 0 Å². The first-order chi connectivity index (χ1) is 8.60. The summed E-state index contributed by atoms with van der Waals surface area (Å²) in [5, 5.41) is 0. The van der Waals surface area contributed by atoms with Crippen molar-refractivity contribution < 1.29 is 0 Å². The Balaban J connectivity index is 2.32. The molecule has 1 aromatic carbocycles. The third-order valence-electron chi connectivity index (χ3n) is 2.83. The number of aromatic nitrogens is 2. The maximum Gasteiger partial charge on any atom is 0.144 e. The van der Waals surface area contributed by atoms with Gasteiger partial charge in [-0.05, 0) is 34.8 Å². The molecule has 2 nitrogen and oxygen atoms in total. The molecule has 0 fully saturated rings. The third-order valence-corrected chi connectivity index (χ3v) is 4.24. The van der Waals surface area contributed by atoms with Crippen molar-refractivity contribution in [2.45, 2.75) is 26.7 Å². The highest BCUT2D eigenvalue weighted by Gasteiger charge is 2.05. The fourth-order valence-electron chi connectivity index (χ4n) is 1.78. The summed E-state index contributed by atoms with van der Waals surface area (Å²) in [6, 6.07) is 8.48. The topological polar surface area (TPSA) is 28.7 Å². The Hall–Kier alpha value is -1.00. The zero-order chi connectivity index (χ0) is 13.1. The number of hydrogen-bond donors (Lipinski definition) is 1. The molecule has 0 bridgehead atoms. The van der Waals surface area contributed by atoms with Gasteiger partial charge < -0.3 is 4.98 Å². The number of aromatic amines is 1. The van der Waals surface area contributed by atoms with E-state index in [4.69, 9.17) is 12.2 Å². The third kappa shape index (κ3) is 3.06. The van der Waals surface area contributed by atoms with Crippen LogP contribution in [-0.2, 0) is 12.8 Å². The van der Waals surface area contributed by atoms with Gasteiger partial charge in [-0.1, -0.05) is 49.0 Å². The van der Waals surface area contributed by atoms with Gasteiger partial charge in [0.1, 0.15) is 10.5 Å². The van der Waals surface area contributed by atoms with E-state index in [0.29, 0.717) is 4.64 Å². The van der Waals surface area contributed by atoms with Crippen LogP contribution < -0.4 is 0 Å². The number of H-pyrrole nitrogens is 1. The molecule has 0 atom stereocenters. The van der Waals surface area contributed by atoms with Crippen molar-refractivity contribution in [3.63, 3.8) is 0 Å². The van der Waals surface area contributed by atoms with Crippen molar-refractivity contribution in [3.8, 4) is 0 Å². The molecular formula is C14H15BrN2S. The van der Waals surface area contributed by atoms with Crippen LogP contribution in [-0.4, -0.2) is 9.97 Å². The SMILES string of the molecule is CCc1[nH]c(Cc2ccc(C)cc2)nc(=S)c1Br. The summed E-state index contributed by atoms with van der Waals surface area (Å²) >= 11 is 8.73. The van der Waals surface area contributed by atoms with E-state index in [0.717, 1.165) is 28.8 Å². The predicted octanol–water partition coefficient (Wildman–Crippen LogP) is 4.36. The number of nitrogens with zero attached hydrogens (tertiary/aromatic N) is 1. The minimum Gasteiger partial charge on any atom is -0.346 e. The van der Waals surface area contributed by atoms with Gasteiger partial charge in [-0.2, -0.15) is 0 Å². The van der Waals surface area contributed by atoms with Crippen LogP contribution in [0.25, 0.3) is 0 Å². The molecule has 1 heterocycles. The molecule has 2 rings (SSSR count). The maximum atomic E-state index is 5.25. The first-order valence-corrected chi connectivity index (χ1v) is 7.13. The molecule has 2 aromatic rings. The molecule has 1 aromatic heterocycles. The maximum absolute atomic E-state index is 5.25. The van der Waals surface area contributed by atoms with Crippen LogP contribution in [0.15, 0.2) is 28.7 Å². The first-order valence-electron chi connectivity index (χ1n) is 5.93. The number of nitrogens with one attached hydrogen (secondary N) is 1. The standard InChI is InChI=1S/C14H15BrN2S/c1-3-11-13(15)14(18)17-12(16-11)8-10-6-4-9(2)5-7-10/h4-7H,3,8H2,1-2H3,(H,16,17,18). The molecule has 0 aliphatic rings. The highest BCUT2D eigenvalue weighted by atomic mass is 79.9. The summed E-state index contributed by atoms with van der Waals surface area (Å²) in [6.45, 7) is 4.19. The average Bonchev–Trinajstić information content (AvgIpc) is 2.36. The summed E-state index contributed by atoms with van der Waals surface area (Å²) in [6.07, 6.45) is 1.69. The van der Waals surface area contributed by atoms with Gasteiger partial charge in [-0.25, -0.2) is 4.98 Å². The van der Waals surface area contributed by atoms with E-state index in [9.17, 15) is 0 Å². The van der Waals surface area contributed by atoms with E-state index >= 15 is 0 Å². The van der Waals surface area contributed by atoms with Gasteiger partial charge in [-0.3, -0.25) is 0 Å². The second kappa shape index (κ2) is 5.76. The summed E-state index contributed by atoms with van der Waals surface area (Å²) in [5.41, 5.74) is 3.62. The lowest BCUT2D eigenvalue weighted by atomic mass is 10.1. The van der Waals surface area contributed by atoms with E-state index < -0.39 is 0 Å². The molecule has 1 N–H and O–H groups in total. The molecule has 0 aliphatic carbocycles. The molecule has 0 spiro atoms. The number of hydrogen-bond acceptors (Lipinski definition) is 2. The van der Waals surface area contributed by atoms with Crippen LogP contribution in [0.2, 0.25) is 0 Å². The molecule has 18 heavy (non-hydrogen) atoms. The van der Waals surface area contributed by atoms with E-state index in [-0.39, 0.29) is 0 Å². The molecule has 0 amide bonds. The molecular weight excluding hydrogens is 308 g/mol. The van der Waals surface area contributed by atoms with Gasteiger partial charge >= 0.3 is 0 Å². The Kier molecular flexibility index (Phi) is 4.30. The fraction of sp³-hybridized carbons (Fsp3) is 0.286. The quantitative estimate of drug-likeness (QED) is 0.850. The van der Waals surface area contributed by atoms with Crippen LogP contribution in [0.5, 0.6) is 0 Å². The summed E-state index contributed by atoms with van der Waals surface area (Å²) in [5.74, 6) is 0.920. The van der Waals surface area contributed by atoms with Crippen molar-refractivity contribution in [3.05, 3.63) is 56.0 Å². The first kappa shape index (κ1) is 13.4. The van der Waals surface area contributed by atoms with E-state index in [2.05, 4.69) is 64.0 Å². The second-order valence-electron chi connectivity index (χ2n) is 4.30. The Morgan fingerprint density at radius 2 is 1.94 bits per heavy atom. The molecule has 0 saturated carbocycles. The van der Waals surface area contributed by atoms with Crippen LogP contribution in [0, 0.1) is 11.6 Å². The van der Waals surface area contributed by atoms with Crippen molar-refractivity contribution in [1.82, 2.24) is 9.97 Å². The number of aryl methyl sites for hydroxylation is 2. The van der Waals surface area contributed by atoms with Crippen LogP contribution in [0.3, 0.4) is 0 Å². The zero-order valence-electron chi connectivity index (χ0n) is 10.5. The van der Waals surface area contributed by atoms with Crippen LogP contribution in [0.1, 0.15) is 29.6 Å². The Morgan fingerprint density at radius 3 is 2.56 bits per heavy atom. The van der Waals surface area contributed by atoms with E-state index in [1.165, 1.54) is 11.1 Å². The summed E-state index contributed by atoms with van der Waals surface area (Å²) in [4.78, 5) is 7.75. The van der Waals surface area contributed by atoms with Crippen molar-refractivity contribution in [2.75, 3.05) is 0 Å². The number of benzene rings is 1. The largest absolute Gasteiger partial charge is 0.346 e. The van der Waals surface area contributed by atoms with Gasteiger partial charge in [0.25, 0.3) is 0 Å². The minimum absolute atomic E-state index is 0.632. The Bertz CT molecular complexity index is 602. The molecule has 0 saturated heterocycles. The molecule has 0 radical (unpaired) electrons. The predicted molar refractivity (Wildman–Crippen MR) is 80.5 cm³/mol. The molecule has 0 aliphatic heterocycles.